The summed E-state index contributed by atoms with van der Waals surface area (Å²) in [5.41, 5.74) is 4.41. The fourth-order valence-electron chi connectivity index (χ4n) is 3.61. The van der Waals surface area contributed by atoms with E-state index in [1.165, 1.54) is 10.7 Å². The first-order valence-corrected chi connectivity index (χ1v) is 9.16. The number of carbonyl (C=O) groups excluding carboxylic acids is 1. The van der Waals surface area contributed by atoms with Crippen LogP contribution in [0.3, 0.4) is 0 Å². The highest BCUT2D eigenvalue weighted by molar-refractivity contribution is 5.84. The number of rotatable bonds is 5. The molecule has 28 heavy (non-hydrogen) atoms. The smallest absolute Gasteiger partial charge is 0.264 e. The van der Waals surface area contributed by atoms with Gasteiger partial charge in [-0.3, -0.25) is 4.79 Å². The van der Waals surface area contributed by atoms with Crippen molar-refractivity contribution in [2.75, 3.05) is 0 Å². The number of hydrogen-bond donors (Lipinski definition) is 1. The molecule has 0 fully saturated rings. The number of halogens is 2. The minimum atomic E-state index is -2.63. The van der Waals surface area contributed by atoms with E-state index in [0.29, 0.717) is 22.4 Å². The van der Waals surface area contributed by atoms with Crippen molar-refractivity contribution in [3.8, 4) is 0 Å². The third-order valence-electron chi connectivity index (χ3n) is 4.83. The van der Waals surface area contributed by atoms with Crippen LogP contribution in [-0.4, -0.2) is 20.7 Å². The summed E-state index contributed by atoms with van der Waals surface area (Å²) in [7, 11) is 0. The van der Waals surface area contributed by atoms with Crippen LogP contribution < -0.4 is 5.32 Å². The van der Waals surface area contributed by atoms with Crippen LogP contribution in [0.15, 0.2) is 24.3 Å². The summed E-state index contributed by atoms with van der Waals surface area (Å²) < 4.78 is 28.2. The Balaban J connectivity index is 1.85. The molecule has 0 saturated heterocycles. The molecule has 7 heteroatoms. The summed E-state index contributed by atoms with van der Waals surface area (Å²) in [6.45, 7) is 9.16. The predicted octanol–water partition coefficient (Wildman–Crippen LogP) is 4.48. The molecule has 1 atom stereocenters. The molecule has 5 nitrogen and oxygen atoms in total. The van der Waals surface area contributed by atoms with E-state index in [1.54, 1.807) is 13.8 Å². The summed E-state index contributed by atoms with van der Waals surface area (Å²) >= 11 is 0. The number of nitrogens with one attached hydrogen (secondary N) is 1. The Bertz CT molecular complexity index is 1040. The third-order valence-corrected chi connectivity index (χ3v) is 4.83. The highest BCUT2D eigenvalue weighted by Gasteiger charge is 2.21. The van der Waals surface area contributed by atoms with Gasteiger partial charge in [0, 0.05) is 11.3 Å². The first kappa shape index (κ1) is 19.9. The lowest BCUT2D eigenvalue weighted by Crippen LogP contribution is -2.31. The molecule has 0 saturated carbocycles. The Kier molecular flexibility index (Phi) is 5.45. The van der Waals surface area contributed by atoms with Crippen LogP contribution in [0.2, 0.25) is 0 Å². The van der Waals surface area contributed by atoms with Crippen molar-refractivity contribution < 1.29 is 13.6 Å². The fraction of sp³-hybridized carbons (Fsp3) is 0.381. The molecule has 0 aliphatic carbocycles. The number of hydrogen-bond acceptors (Lipinski definition) is 3. The largest absolute Gasteiger partial charge is 0.348 e. The zero-order valence-corrected chi connectivity index (χ0v) is 16.7. The van der Waals surface area contributed by atoms with Crippen molar-refractivity contribution in [2.45, 2.75) is 53.6 Å². The number of pyridine rings is 1. The molecular weight excluding hydrogens is 362 g/mol. The molecule has 0 aliphatic heterocycles. The van der Waals surface area contributed by atoms with Gasteiger partial charge in [0.15, 0.2) is 5.65 Å². The van der Waals surface area contributed by atoms with E-state index < -0.39 is 6.43 Å². The monoisotopic (exact) mass is 386 g/mol. The maximum Gasteiger partial charge on any atom is 0.264 e. The van der Waals surface area contributed by atoms with E-state index in [9.17, 15) is 13.6 Å². The van der Waals surface area contributed by atoms with Gasteiger partial charge < -0.3 is 5.32 Å². The second kappa shape index (κ2) is 7.66. The second-order valence-corrected chi connectivity index (χ2v) is 7.24. The van der Waals surface area contributed by atoms with Crippen molar-refractivity contribution >= 4 is 16.9 Å². The van der Waals surface area contributed by atoms with Gasteiger partial charge in [0.25, 0.3) is 6.43 Å². The van der Waals surface area contributed by atoms with Gasteiger partial charge in [-0.15, -0.1) is 0 Å². The topological polar surface area (TPSA) is 59.8 Å². The Morgan fingerprint density at radius 2 is 1.86 bits per heavy atom. The number of amides is 1. The van der Waals surface area contributed by atoms with Gasteiger partial charge >= 0.3 is 0 Å². The van der Waals surface area contributed by atoms with E-state index in [-0.39, 0.29) is 24.1 Å². The average molecular weight is 386 g/mol. The molecule has 3 rings (SSSR count). The van der Waals surface area contributed by atoms with Crippen molar-refractivity contribution in [3.05, 3.63) is 57.9 Å². The molecular formula is C21H24F2N4O. The van der Waals surface area contributed by atoms with E-state index in [4.69, 9.17) is 0 Å². The Labute approximate surface area is 162 Å². The van der Waals surface area contributed by atoms with Crippen LogP contribution in [0.4, 0.5) is 8.78 Å². The van der Waals surface area contributed by atoms with Crippen LogP contribution in [0.5, 0.6) is 0 Å². The first-order chi connectivity index (χ1) is 13.2. The Morgan fingerprint density at radius 3 is 2.50 bits per heavy atom. The van der Waals surface area contributed by atoms with Crippen molar-refractivity contribution in [1.29, 1.82) is 0 Å². The number of fused-ring (bicyclic) bond motifs is 1. The molecule has 0 radical (unpaired) electrons. The average Bonchev–Trinajstić information content (AvgIpc) is 2.89. The highest BCUT2D eigenvalue weighted by atomic mass is 19.3. The van der Waals surface area contributed by atoms with Crippen LogP contribution in [0.25, 0.3) is 11.0 Å². The lowest BCUT2D eigenvalue weighted by Gasteiger charge is -2.17. The maximum absolute atomic E-state index is 13.4. The summed E-state index contributed by atoms with van der Waals surface area (Å²) in [5, 5.41) is 7.55. The molecule has 1 unspecified atom stereocenters. The number of aryl methyl sites for hydroxylation is 4. The lowest BCUT2D eigenvalue weighted by molar-refractivity contribution is -0.122. The molecule has 3 aromatic rings. The van der Waals surface area contributed by atoms with Crippen molar-refractivity contribution in [2.24, 2.45) is 0 Å². The molecule has 0 spiro atoms. The summed E-state index contributed by atoms with van der Waals surface area (Å²) in [5.74, 6) is -0.251. The van der Waals surface area contributed by atoms with Gasteiger partial charge in [-0.25, -0.2) is 18.4 Å². The minimum Gasteiger partial charge on any atom is -0.348 e. The zero-order chi connectivity index (χ0) is 20.6. The van der Waals surface area contributed by atoms with Crippen molar-refractivity contribution in [1.82, 2.24) is 20.1 Å². The van der Waals surface area contributed by atoms with E-state index in [1.807, 2.05) is 32.9 Å². The number of benzene rings is 1. The summed E-state index contributed by atoms with van der Waals surface area (Å²) in [4.78, 5) is 16.9. The van der Waals surface area contributed by atoms with Crippen molar-refractivity contribution in [3.63, 3.8) is 0 Å². The van der Waals surface area contributed by atoms with Crippen LogP contribution >= 0.6 is 0 Å². The molecule has 1 aromatic carbocycles. The quantitative estimate of drug-likeness (QED) is 0.703. The van der Waals surface area contributed by atoms with E-state index >= 15 is 0 Å². The normalized spacial score (nSPS) is 12.6. The third kappa shape index (κ3) is 3.88. The SMILES string of the molecule is Cc1ccc(C(C)NC(=O)Cn2nc(C)c3c(C(F)F)cc(C)nc32)c(C)c1. The molecule has 0 bridgehead atoms. The molecule has 1 amide bonds. The second-order valence-electron chi connectivity index (χ2n) is 7.24. The number of alkyl halides is 2. The standard InChI is InChI=1S/C21H24F2N4O/c1-11-6-7-16(12(2)8-11)14(4)25-18(28)10-27-21-19(15(5)26-27)17(20(22)23)9-13(3)24-21/h6-9,14,20H,10H2,1-5H3,(H,25,28). The first-order valence-electron chi connectivity index (χ1n) is 9.16. The highest BCUT2D eigenvalue weighted by Crippen LogP contribution is 2.30. The van der Waals surface area contributed by atoms with Crippen LogP contribution in [0, 0.1) is 27.7 Å². The zero-order valence-electron chi connectivity index (χ0n) is 16.7. The molecule has 0 aliphatic rings. The molecule has 1 N–H and O–H groups in total. The predicted molar refractivity (Wildman–Crippen MR) is 104 cm³/mol. The lowest BCUT2D eigenvalue weighted by atomic mass is 10.0. The molecule has 2 aromatic heterocycles. The van der Waals surface area contributed by atoms with Gasteiger partial charge in [0.05, 0.1) is 17.1 Å². The summed E-state index contributed by atoms with van der Waals surface area (Å²) in [6, 6.07) is 7.27. The number of carbonyl (C=O) groups is 1. The van der Waals surface area contributed by atoms with Gasteiger partial charge in [-0.05, 0) is 51.8 Å². The van der Waals surface area contributed by atoms with Gasteiger partial charge in [-0.2, -0.15) is 5.10 Å². The van der Waals surface area contributed by atoms with E-state index in [0.717, 1.165) is 16.7 Å². The van der Waals surface area contributed by atoms with E-state index in [2.05, 4.69) is 21.5 Å². The van der Waals surface area contributed by atoms with Crippen LogP contribution in [-0.2, 0) is 11.3 Å². The Hall–Kier alpha value is -2.83. The van der Waals surface area contributed by atoms with Gasteiger partial charge in [-0.1, -0.05) is 23.8 Å². The van der Waals surface area contributed by atoms with Crippen LogP contribution in [0.1, 0.15) is 53.0 Å². The minimum absolute atomic E-state index is 0.0846. The number of nitrogens with zero attached hydrogens (tertiary/aromatic N) is 3. The maximum atomic E-state index is 13.4. The molecule has 2 heterocycles. The number of aromatic nitrogens is 3. The van der Waals surface area contributed by atoms with Gasteiger partial charge in [0.1, 0.15) is 6.54 Å². The fourth-order valence-corrected chi connectivity index (χ4v) is 3.61. The Morgan fingerprint density at radius 1 is 1.14 bits per heavy atom. The molecule has 148 valence electrons. The van der Waals surface area contributed by atoms with Gasteiger partial charge in [0.2, 0.25) is 5.91 Å². The summed E-state index contributed by atoms with van der Waals surface area (Å²) in [6.07, 6.45) is -2.63.